The Balaban J connectivity index is 0.000000250. The molecule has 6 aromatic carbocycles. The molecule has 21 atom stereocenters. The largest absolute Gasteiger partial charge is 0.462 e. The topological polar surface area (TPSA) is 191 Å². The number of nitrogens with zero attached hydrogens (tertiary/aromatic N) is 7. The van der Waals surface area contributed by atoms with E-state index < -0.39 is 0 Å². The first kappa shape index (κ1) is 117. The number of Topliss-reactive ketones (excluding diaryl/α,β-unsaturated/α-hetero) is 1. The number of benzene rings is 6. The number of esters is 1. The standard InChI is InChI=1S/C22H35NO3.C22H31NO.C20H32N2O2.C20H33NO2.C19H31NO2.C13H25NO2/c1-8-21(6)15-20(25-18(5)24)16(3)22(7,9-2)23(21)26-17(4)19-13-11-10-12-14-19;1-17(2)21(20-15-11-8-12-16-20)23(22(4,5)6)24-18(3)19-13-9-7-10-14-19;1-7-19(5)14-18(21-23)15(3)20(6,8-2)22(19)24-16(4)17-12-10-9-11-13-17;1-7-19(5)14-18(22)15(3)20(6,8-2)21(19)23-16(4)17-12-10-9-11-13-17;1-6-19(7-2)14-17(21)13-18(4,5)20(19)22-15(3)16-11-9-8-10-12-16;1-7-12(4)9-11(15)10(3)13(5,8-2)14(12)16-6/h10-14,16-17,20H,8-9,15H2,1-7H3;7-18,21H,1-6H3;9-13,15-16,23H,7-8,14H2,1-6H3;9-13,15-16,18,22H,7-8,14H2,1-6H3;8-12,15,17,21H,6-7,13-14H2,1-5H3;10H,7-9H2,1-6H3/b;;21-18-;;;. The van der Waals surface area contributed by atoms with E-state index in [9.17, 15) is 25.0 Å². The van der Waals surface area contributed by atoms with E-state index in [4.69, 9.17) is 33.8 Å². The zero-order chi connectivity index (χ0) is 101. The summed E-state index contributed by atoms with van der Waals surface area (Å²) < 4.78 is 5.71. The third-order valence-electron chi connectivity index (χ3n) is 32.7. The van der Waals surface area contributed by atoms with Gasteiger partial charge in [-0.3, -0.25) is 33.8 Å². The van der Waals surface area contributed by atoms with E-state index in [0.29, 0.717) is 18.1 Å². The minimum atomic E-state index is -0.281. The maximum absolute atomic E-state index is 12.1. The zero-order valence-corrected chi connectivity index (χ0v) is 90.9. The molecule has 5 heterocycles. The molecule has 0 amide bonds. The highest BCUT2D eigenvalue weighted by Gasteiger charge is 2.59. The second-order valence-corrected chi connectivity index (χ2v) is 43.6. The van der Waals surface area contributed by atoms with Gasteiger partial charge in [-0.05, 0) is 247 Å². The Hall–Kier alpha value is -6.63. The smallest absolute Gasteiger partial charge is 0.302 e. The number of rotatable bonds is 30. The first-order valence-corrected chi connectivity index (χ1v) is 51.5. The summed E-state index contributed by atoms with van der Waals surface area (Å²) in [6.07, 6.45) is 13.1. The molecule has 0 aromatic heterocycles. The van der Waals surface area contributed by atoms with Crippen LogP contribution < -0.4 is 0 Å². The van der Waals surface area contributed by atoms with E-state index in [1.165, 1.54) is 40.3 Å². The molecule has 0 spiro atoms. The lowest BCUT2D eigenvalue weighted by molar-refractivity contribution is -0.336. The number of piperidine rings is 5. The van der Waals surface area contributed by atoms with E-state index in [1.807, 2.05) is 73.7 Å². The first-order chi connectivity index (χ1) is 63.3. The number of carbonyl (C=O) groups is 2. The van der Waals surface area contributed by atoms with Gasteiger partial charge in [0.05, 0.1) is 47.7 Å². The fourth-order valence-electron chi connectivity index (χ4n) is 21.7. The van der Waals surface area contributed by atoms with Crippen LogP contribution in [0, 0.1) is 29.6 Å². The second-order valence-electron chi connectivity index (χ2n) is 43.6. The van der Waals surface area contributed by atoms with Crippen molar-refractivity contribution in [2.45, 2.75) is 461 Å². The molecule has 5 fully saturated rings. The van der Waals surface area contributed by atoms with Crippen molar-refractivity contribution in [3.05, 3.63) is 215 Å². The molecule has 5 aliphatic heterocycles. The molecule has 21 unspecified atom stereocenters. The predicted molar refractivity (Wildman–Crippen MR) is 555 cm³/mol. The normalized spacial score (nSPS) is 30.6. The summed E-state index contributed by atoms with van der Waals surface area (Å²) in [5.41, 5.74) is 6.20. The molecule has 0 bridgehead atoms. The SMILES string of the molecule is CC(ON(C(c1ccccc1)C(C)C)C(C)(C)C)c1ccccc1.CCC1(C)C/C(=N/O)C(C)C(C)(CC)N1OC(C)c1ccccc1.CCC1(C)CC(=O)C(C)C(C)(CC)N1OC.CCC1(C)CC(O)C(C)C(C)(CC)N1OC(C)c1ccccc1.CCC1(C)CC(OC(C)=O)C(C)C(C)(CC)N1OC(C)c1ccccc1.CCC1(CC)CC(O)CC(C)(C)N1OC(C)c1ccccc1. The molecule has 0 saturated carbocycles. The van der Waals surface area contributed by atoms with Gasteiger partial charge in [-0.25, -0.2) is 0 Å². The number of aliphatic hydroxyl groups excluding tert-OH is 2. The number of ketones is 1. The Bertz CT molecular complexity index is 4470. The summed E-state index contributed by atoms with van der Waals surface area (Å²) in [7, 11) is 1.71. The zero-order valence-electron chi connectivity index (χ0n) is 90.9. The molecular weight excluding hydrogens is 1680 g/mol. The Morgan fingerprint density at radius 1 is 0.415 bits per heavy atom. The molecule has 758 valence electrons. The summed E-state index contributed by atoms with van der Waals surface area (Å²) in [6, 6.07) is 62.6. The summed E-state index contributed by atoms with van der Waals surface area (Å²) in [6.45, 7) is 75.3. The molecule has 19 heteroatoms. The van der Waals surface area contributed by atoms with Crippen LogP contribution in [0.1, 0.15) is 415 Å². The van der Waals surface area contributed by atoms with E-state index in [2.05, 4.69) is 379 Å². The Morgan fingerprint density at radius 3 is 1.07 bits per heavy atom. The van der Waals surface area contributed by atoms with E-state index >= 15 is 0 Å². The Labute approximate surface area is 820 Å². The monoisotopic (exact) mass is 1870 g/mol. The minimum Gasteiger partial charge on any atom is -0.462 e. The van der Waals surface area contributed by atoms with Crippen molar-refractivity contribution in [2.24, 2.45) is 34.7 Å². The molecule has 135 heavy (non-hydrogen) atoms. The van der Waals surface area contributed by atoms with Crippen LogP contribution in [-0.2, 0) is 43.4 Å². The summed E-state index contributed by atoms with van der Waals surface area (Å²) in [5.74, 6) is 1.13. The maximum Gasteiger partial charge on any atom is 0.302 e. The van der Waals surface area contributed by atoms with Gasteiger partial charge in [-0.15, -0.1) is 0 Å². The van der Waals surface area contributed by atoms with E-state index in [1.54, 1.807) is 7.11 Å². The molecule has 5 saturated heterocycles. The van der Waals surface area contributed by atoms with Crippen molar-refractivity contribution >= 4 is 17.5 Å². The molecule has 3 N–H and O–H groups in total. The summed E-state index contributed by atoms with van der Waals surface area (Å²) in [5, 5.41) is 47.1. The number of carbonyl (C=O) groups excluding carboxylic acids is 2. The van der Waals surface area contributed by atoms with Gasteiger partial charge in [0.25, 0.3) is 0 Å². The van der Waals surface area contributed by atoms with Crippen LogP contribution in [0.4, 0.5) is 0 Å². The van der Waals surface area contributed by atoms with Crippen LogP contribution in [0.5, 0.6) is 0 Å². The van der Waals surface area contributed by atoms with Crippen molar-refractivity contribution in [3.63, 3.8) is 0 Å². The molecule has 0 radical (unpaired) electrons. The third kappa shape index (κ3) is 28.0. The van der Waals surface area contributed by atoms with Crippen LogP contribution in [0.2, 0.25) is 0 Å². The lowest BCUT2D eigenvalue weighted by Crippen LogP contribution is -2.68. The average Bonchev–Trinajstić information content (AvgIpc) is 0.807. The molecular formula is C116H187N7O12. The molecule has 0 aliphatic carbocycles. The van der Waals surface area contributed by atoms with Crippen LogP contribution in [0.25, 0.3) is 0 Å². The Kier molecular flexibility index (Phi) is 43.9. The number of ether oxygens (including phenoxy) is 1. The van der Waals surface area contributed by atoms with Gasteiger partial charge in [-0.2, -0.15) is 30.4 Å². The molecule has 19 nitrogen and oxygen atoms in total. The van der Waals surface area contributed by atoms with Gasteiger partial charge in [0.15, 0.2) is 0 Å². The average molecular weight is 1870 g/mol. The fraction of sp³-hybridized carbons (Fsp3) is 0.664. The number of aliphatic hydroxyl groups is 2. The lowest BCUT2D eigenvalue weighted by atomic mass is 9.69. The maximum atomic E-state index is 12.1. The van der Waals surface area contributed by atoms with Crippen molar-refractivity contribution in [1.29, 1.82) is 0 Å². The highest BCUT2D eigenvalue weighted by molar-refractivity contribution is 5.89. The summed E-state index contributed by atoms with van der Waals surface area (Å²) >= 11 is 0. The highest BCUT2D eigenvalue weighted by Crippen LogP contribution is 2.53. The molecule has 11 rings (SSSR count). The number of hydrogen-bond acceptors (Lipinski definition) is 19. The van der Waals surface area contributed by atoms with Gasteiger partial charge >= 0.3 is 5.97 Å². The second kappa shape index (κ2) is 50.7. The quantitative estimate of drug-likeness (QED) is 0.0219. The first-order valence-electron chi connectivity index (χ1n) is 51.5. The van der Waals surface area contributed by atoms with Gasteiger partial charge in [0.1, 0.15) is 42.4 Å². The van der Waals surface area contributed by atoms with Crippen molar-refractivity contribution in [3.8, 4) is 0 Å². The van der Waals surface area contributed by atoms with Gasteiger partial charge in [-0.1, -0.05) is 298 Å². The molecule has 5 aliphatic rings. The van der Waals surface area contributed by atoms with Crippen molar-refractivity contribution in [1.82, 2.24) is 30.4 Å². The number of hydroxylamine groups is 12. The lowest BCUT2D eigenvalue weighted by Gasteiger charge is -2.59. The van der Waals surface area contributed by atoms with Gasteiger partial charge in [0.2, 0.25) is 0 Å². The highest BCUT2D eigenvalue weighted by atomic mass is 16.7. The van der Waals surface area contributed by atoms with E-state index in [-0.39, 0.29) is 145 Å². The van der Waals surface area contributed by atoms with Gasteiger partial charge < -0.3 is 25.0 Å². The summed E-state index contributed by atoms with van der Waals surface area (Å²) in [4.78, 5) is 62.0. The number of oxime groups is 1. The van der Waals surface area contributed by atoms with E-state index in [0.717, 1.165) is 102 Å². The molecule has 6 aromatic rings. The Morgan fingerprint density at radius 2 is 0.741 bits per heavy atom. The van der Waals surface area contributed by atoms with Crippen LogP contribution in [0.15, 0.2) is 187 Å². The third-order valence-corrected chi connectivity index (χ3v) is 32.7. The van der Waals surface area contributed by atoms with Crippen LogP contribution in [0.3, 0.4) is 0 Å². The fourth-order valence-corrected chi connectivity index (χ4v) is 21.7. The number of hydrogen-bond donors (Lipinski definition) is 3. The van der Waals surface area contributed by atoms with Gasteiger partial charge in [0, 0.05) is 94.2 Å². The van der Waals surface area contributed by atoms with Crippen molar-refractivity contribution < 1.29 is 58.8 Å². The van der Waals surface area contributed by atoms with Crippen LogP contribution >= 0.6 is 0 Å². The predicted octanol–water partition coefficient (Wildman–Crippen LogP) is 28.6. The minimum absolute atomic E-state index is 0.00427. The van der Waals surface area contributed by atoms with Crippen molar-refractivity contribution in [2.75, 3.05) is 7.11 Å². The van der Waals surface area contributed by atoms with Crippen LogP contribution in [-0.4, -0.2) is 150 Å².